The predicted octanol–water partition coefficient (Wildman–Crippen LogP) is 3.54. The van der Waals surface area contributed by atoms with Gasteiger partial charge in [0.15, 0.2) is 0 Å². The first-order valence-electron chi connectivity index (χ1n) is 10.0. The molecule has 0 spiro atoms. The Morgan fingerprint density at radius 2 is 1.83 bits per heavy atom. The van der Waals surface area contributed by atoms with E-state index in [4.69, 9.17) is 9.47 Å². The minimum absolute atomic E-state index is 0.177. The number of hydrogen-bond donors (Lipinski definition) is 1. The summed E-state index contributed by atoms with van der Waals surface area (Å²) in [5.41, 5.74) is 2.15. The van der Waals surface area contributed by atoms with Crippen LogP contribution in [0.3, 0.4) is 0 Å². The molecule has 1 aliphatic rings. The fourth-order valence-corrected chi connectivity index (χ4v) is 3.53. The van der Waals surface area contributed by atoms with Crippen LogP contribution in [0.15, 0.2) is 18.2 Å². The number of esters is 1. The molecule has 1 heterocycles. The molecule has 2 rings (SSSR count). The molecule has 1 aromatic rings. The second-order valence-electron chi connectivity index (χ2n) is 8.49. The van der Waals surface area contributed by atoms with Crippen molar-refractivity contribution in [3.05, 3.63) is 29.3 Å². The summed E-state index contributed by atoms with van der Waals surface area (Å²) in [5, 5.41) is 3.01. The Kier molecular flexibility index (Phi) is 7.27. The molecule has 0 unspecified atom stereocenters. The normalized spacial score (nSPS) is 19.4. The number of methoxy groups -OCH3 is 1. The summed E-state index contributed by atoms with van der Waals surface area (Å²) < 4.78 is 10.3. The van der Waals surface area contributed by atoms with Crippen molar-refractivity contribution < 1.29 is 23.9 Å². The highest BCUT2D eigenvalue weighted by Gasteiger charge is 2.39. The van der Waals surface area contributed by atoms with Crippen LogP contribution >= 0.6 is 0 Å². The zero-order valence-corrected chi connectivity index (χ0v) is 18.2. The topological polar surface area (TPSA) is 84.9 Å². The lowest BCUT2D eigenvalue weighted by Crippen LogP contribution is -2.50. The maximum absolute atomic E-state index is 13.1. The number of likely N-dealkylation sites (tertiary alicyclic amines) is 1. The Bertz CT molecular complexity index is 769. The van der Waals surface area contributed by atoms with Gasteiger partial charge in [-0.3, -0.25) is 9.59 Å². The SMILES string of the molecule is CCc1cccc(C)c1NC(=O)[C@H]1C[C@@H](C(=O)OC)CN(C(=O)OC(C)(C)C)C1. The van der Waals surface area contributed by atoms with Crippen LogP contribution in [-0.2, 0) is 25.5 Å². The van der Waals surface area contributed by atoms with E-state index < -0.39 is 29.5 Å². The van der Waals surface area contributed by atoms with E-state index in [0.717, 1.165) is 23.2 Å². The molecule has 0 aliphatic carbocycles. The van der Waals surface area contributed by atoms with Gasteiger partial charge in [-0.05, 0) is 51.7 Å². The van der Waals surface area contributed by atoms with Crippen LogP contribution in [0.1, 0.15) is 45.2 Å². The molecule has 1 fully saturated rings. The number of hydrogen-bond acceptors (Lipinski definition) is 5. The van der Waals surface area contributed by atoms with E-state index in [2.05, 4.69) is 5.32 Å². The van der Waals surface area contributed by atoms with Crippen LogP contribution in [0.5, 0.6) is 0 Å². The molecule has 160 valence electrons. The molecule has 7 nitrogen and oxygen atoms in total. The smallest absolute Gasteiger partial charge is 0.410 e. The second kappa shape index (κ2) is 9.29. The first-order chi connectivity index (χ1) is 13.6. The zero-order chi connectivity index (χ0) is 21.8. The largest absolute Gasteiger partial charge is 0.469 e. The lowest BCUT2D eigenvalue weighted by atomic mass is 9.88. The number of anilines is 1. The number of para-hydroxylation sites is 1. The highest BCUT2D eigenvalue weighted by Crippen LogP contribution is 2.28. The Hall–Kier alpha value is -2.57. The van der Waals surface area contributed by atoms with Gasteiger partial charge in [-0.2, -0.15) is 0 Å². The minimum Gasteiger partial charge on any atom is -0.469 e. The van der Waals surface area contributed by atoms with Gasteiger partial charge in [0.05, 0.1) is 18.9 Å². The van der Waals surface area contributed by atoms with Gasteiger partial charge >= 0.3 is 12.1 Å². The summed E-state index contributed by atoms with van der Waals surface area (Å²) in [4.78, 5) is 39.2. The van der Waals surface area contributed by atoms with E-state index >= 15 is 0 Å². The molecule has 29 heavy (non-hydrogen) atoms. The standard InChI is InChI=1S/C22H32N2O5/c1-7-15-10-8-9-14(2)18(15)23-19(25)16-11-17(20(26)28-6)13-24(12-16)21(27)29-22(3,4)5/h8-10,16-17H,7,11-13H2,1-6H3,(H,23,25)/t16-,17+/m0/s1. The molecular formula is C22H32N2O5. The minimum atomic E-state index is -0.662. The van der Waals surface area contributed by atoms with Crippen molar-refractivity contribution in [1.82, 2.24) is 4.90 Å². The average Bonchev–Trinajstić information content (AvgIpc) is 2.67. The number of nitrogens with zero attached hydrogens (tertiary/aromatic N) is 1. The molecule has 0 bridgehead atoms. The molecule has 0 saturated carbocycles. The third kappa shape index (κ3) is 5.95. The second-order valence-corrected chi connectivity index (χ2v) is 8.49. The van der Waals surface area contributed by atoms with Crippen molar-refractivity contribution in [2.24, 2.45) is 11.8 Å². The summed E-state index contributed by atoms with van der Waals surface area (Å²) in [7, 11) is 1.31. The Balaban J connectivity index is 2.22. The molecule has 1 aromatic carbocycles. The van der Waals surface area contributed by atoms with Crippen molar-refractivity contribution in [2.45, 2.75) is 53.1 Å². The molecule has 1 saturated heterocycles. The molecule has 2 amide bonds. The number of ether oxygens (including phenoxy) is 2. The highest BCUT2D eigenvalue weighted by atomic mass is 16.6. The quantitative estimate of drug-likeness (QED) is 0.776. The van der Waals surface area contributed by atoms with E-state index in [-0.39, 0.29) is 19.0 Å². The Morgan fingerprint density at radius 1 is 1.17 bits per heavy atom. The number of benzene rings is 1. The third-order valence-electron chi connectivity index (χ3n) is 5.00. The van der Waals surface area contributed by atoms with Gasteiger partial charge in [0.1, 0.15) is 5.60 Å². The van der Waals surface area contributed by atoms with E-state index in [1.54, 1.807) is 20.8 Å². The van der Waals surface area contributed by atoms with E-state index in [9.17, 15) is 14.4 Å². The third-order valence-corrected chi connectivity index (χ3v) is 5.00. The molecule has 1 aliphatic heterocycles. The molecule has 7 heteroatoms. The van der Waals surface area contributed by atoms with Crippen molar-refractivity contribution in [2.75, 3.05) is 25.5 Å². The first-order valence-corrected chi connectivity index (χ1v) is 10.0. The number of carbonyl (C=O) groups is 3. The number of amides is 2. The molecular weight excluding hydrogens is 372 g/mol. The van der Waals surface area contributed by atoms with Crippen molar-refractivity contribution >= 4 is 23.7 Å². The fraction of sp³-hybridized carbons (Fsp3) is 0.591. The van der Waals surface area contributed by atoms with Gasteiger partial charge in [0.2, 0.25) is 5.91 Å². The van der Waals surface area contributed by atoms with E-state index in [0.29, 0.717) is 6.42 Å². The number of piperidine rings is 1. The molecule has 2 atom stereocenters. The molecule has 1 N–H and O–H groups in total. The van der Waals surface area contributed by atoms with Crippen LogP contribution in [0.4, 0.5) is 10.5 Å². The average molecular weight is 405 g/mol. The zero-order valence-electron chi connectivity index (χ0n) is 18.2. The highest BCUT2D eigenvalue weighted by molar-refractivity contribution is 5.95. The van der Waals surface area contributed by atoms with Gasteiger partial charge in [-0.25, -0.2) is 4.79 Å². The van der Waals surface area contributed by atoms with Crippen molar-refractivity contribution in [3.8, 4) is 0 Å². The van der Waals surface area contributed by atoms with Crippen LogP contribution in [0, 0.1) is 18.8 Å². The Labute approximate surface area is 172 Å². The van der Waals surface area contributed by atoms with Crippen LogP contribution in [-0.4, -0.2) is 48.7 Å². The molecule has 0 aromatic heterocycles. The Morgan fingerprint density at radius 3 is 2.41 bits per heavy atom. The van der Waals surface area contributed by atoms with E-state index in [1.807, 2.05) is 32.0 Å². The van der Waals surface area contributed by atoms with Gasteiger partial charge in [0, 0.05) is 18.8 Å². The maximum Gasteiger partial charge on any atom is 0.410 e. The predicted molar refractivity (Wildman–Crippen MR) is 111 cm³/mol. The summed E-state index contributed by atoms with van der Waals surface area (Å²) in [6.45, 7) is 9.68. The van der Waals surface area contributed by atoms with Crippen LogP contribution in [0.2, 0.25) is 0 Å². The lowest BCUT2D eigenvalue weighted by molar-refractivity contribution is -0.148. The maximum atomic E-state index is 13.1. The monoisotopic (exact) mass is 404 g/mol. The first kappa shape index (κ1) is 22.7. The number of aryl methyl sites for hydroxylation is 2. The van der Waals surface area contributed by atoms with Gasteiger partial charge in [0.25, 0.3) is 0 Å². The van der Waals surface area contributed by atoms with Gasteiger partial charge in [-0.1, -0.05) is 25.1 Å². The number of rotatable bonds is 4. The summed E-state index contributed by atoms with van der Waals surface area (Å²) in [6.07, 6.45) is 0.580. The fourth-order valence-electron chi connectivity index (χ4n) is 3.53. The van der Waals surface area contributed by atoms with Crippen molar-refractivity contribution in [3.63, 3.8) is 0 Å². The van der Waals surface area contributed by atoms with Gasteiger partial charge < -0.3 is 19.7 Å². The van der Waals surface area contributed by atoms with Crippen LogP contribution < -0.4 is 5.32 Å². The lowest BCUT2D eigenvalue weighted by Gasteiger charge is -2.36. The van der Waals surface area contributed by atoms with Crippen LogP contribution in [0.25, 0.3) is 0 Å². The van der Waals surface area contributed by atoms with E-state index in [1.165, 1.54) is 12.0 Å². The number of nitrogens with one attached hydrogen (secondary N) is 1. The molecule has 0 radical (unpaired) electrons. The van der Waals surface area contributed by atoms with Gasteiger partial charge in [-0.15, -0.1) is 0 Å². The summed E-state index contributed by atoms with van der Waals surface area (Å²) >= 11 is 0. The van der Waals surface area contributed by atoms with Crippen molar-refractivity contribution in [1.29, 1.82) is 0 Å². The summed E-state index contributed by atoms with van der Waals surface area (Å²) in [5.74, 6) is -1.75. The number of carbonyl (C=O) groups excluding carboxylic acids is 3. The summed E-state index contributed by atoms with van der Waals surface area (Å²) in [6, 6.07) is 5.88.